The van der Waals surface area contributed by atoms with Gasteiger partial charge in [-0.15, -0.1) is 20.5 Å². The van der Waals surface area contributed by atoms with Crippen molar-refractivity contribution in [2.75, 3.05) is 25.7 Å². The minimum Gasteiger partial charge on any atom is -0.465 e. The van der Waals surface area contributed by atoms with Crippen molar-refractivity contribution in [1.29, 1.82) is 0 Å². The third kappa shape index (κ3) is 6.96. The number of rotatable bonds is 12. The Balaban J connectivity index is 1.25. The molecule has 0 saturated carbocycles. The van der Waals surface area contributed by atoms with Crippen molar-refractivity contribution >= 4 is 46.6 Å². The van der Waals surface area contributed by atoms with Gasteiger partial charge in [-0.05, 0) is 57.4 Å². The predicted molar refractivity (Wildman–Crippen MR) is 190 cm³/mol. The Kier molecular flexibility index (Phi) is 10.1. The molecule has 0 atom stereocenters. The predicted octanol–water partition coefficient (Wildman–Crippen LogP) is 4.68. The van der Waals surface area contributed by atoms with Gasteiger partial charge in [0.2, 0.25) is 0 Å². The van der Waals surface area contributed by atoms with Gasteiger partial charge in [0.15, 0.2) is 46.3 Å². The molecule has 272 valence electrons. The zero-order chi connectivity index (χ0) is 37.8. The van der Waals surface area contributed by atoms with Crippen molar-refractivity contribution in [3.8, 4) is 11.6 Å². The average Bonchev–Trinajstić information content (AvgIpc) is 3.85. The molecule has 0 radical (unpaired) electrons. The van der Waals surface area contributed by atoms with E-state index in [-0.39, 0.29) is 34.4 Å². The summed E-state index contributed by atoms with van der Waals surface area (Å²) in [4.78, 5) is 34.7. The molecule has 0 saturated heterocycles. The van der Waals surface area contributed by atoms with Crippen LogP contribution in [0.1, 0.15) is 49.9 Å². The van der Waals surface area contributed by atoms with Gasteiger partial charge < -0.3 is 20.9 Å². The summed E-state index contributed by atoms with van der Waals surface area (Å²) in [5.74, 6) is 0.502. The van der Waals surface area contributed by atoms with Gasteiger partial charge in [0.1, 0.15) is 11.1 Å². The Labute approximate surface area is 302 Å². The molecular weight excluding hydrogens is 684 g/mol. The topological polar surface area (TPSA) is 251 Å². The zero-order valence-electron chi connectivity index (χ0n) is 29.8. The van der Waals surface area contributed by atoms with Crippen LogP contribution in [0, 0.1) is 13.8 Å². The smallest absolute Gasteiger partial charge is 0.343 e. The fourth-order valence-corrected chi connectivity index (χ4v) is 5.59. The number of hydrogen-bond donors (Lipinski definition) is 2. The lowest BCUT2D eigenvalue weighted by atomic mass is 10.1. The molecule has 0 aliphatic carbocycles. The molecule has 0 bridgehead atoms. The number of azo groups is 2. The first kappa shape index (κ1) is 35.7. The fraction of sp³-hybridized carbons (Fsp3) is 0.273. The molecule has 20 nitrogen and oxygen atoms in total. The lowest BCUT2D eigenvalue weighted by Gasteiger charge is -2.03. The van der Waals surface area contributed by atoms with E-state index in [0.717, 1.165) is 0 Å². The summed E-state index contributed by atoms with van der Waals surface area (Å²) in [7, 11) is 5.81. The fourth-order valence-electron chi connectivity index (χ4n) is 5.59. The van der Waals surface area contributed by atoms with Gasteiger partial charge in [-0.3, -0.25) is 0 Å². The molecule has 0 fully saturated rings. The summed E-state index contributed by atoms with van der Waals surface area (Å²) < 4.78 is 16.0. The first-order chi connectivity index (χ1) is 25.5. The number of nitrogens with two attached hydrogens (primary N) is 2. The monoisotopic (exact) mass is 720 g/mol. The number of ether oxygens (including phenoxy) is 2. The van der Waals surface area contributed by atoms with E-state index in [9.17, 15) is 9.59 Å². The number of aryl methyl sites for hydroxylation is 6. The molecule has 53 heavy (non-hydrogen) atoms. The molecule has 0 aliphatic rings. The standard InChI is InChI=1S/C33H36N16O4/c1-18-26(28(34)48(42-18)22-14-7-9-16-36-22)38-40-30-24(32(50)52-5)20(44-46(30)3)12-11-13-21-25(33(51)53-6)31(47(4)45-21)41-39-27-19(2)43-49(29(27)35)23-15-8-10-17-37-23/h7-10,14-17H,11-13,34-35H2,1-6H3/b40-38+,41-39+. The lowest BCUT2D eigenvalue weighted by Crippen LogP contribution is -2.06. The van der Waals surface area contributed by atoms with E-state index in [1.54, 1.807) is 64.6 Å². The number of nitrogen functional groups attached to an aromatic ring is 2. The molecule has 0 aliphatic heterocycles. The Bertz CT molecular complexity index is 2190. The van der Waals surface area contributed by atoms with E-state index in [1.807, 2.05) is 12.1 Å². The van der Waals surface area contributed by atoms with Crippen LogP contribution in [0.15, 0.2) is 69.2 Å². The van der Waals surface area contributed by atoms with Gasteiger partial charge in [-0.25, -0.2) is 28.9 Å². The van der Waals surface area contributed by atoms with Crippen LogP contribution in [0.3, 0.4) is 0 Å². The van der Waals surface area contributed by atoms with Crippen molar-refractivity contribution in [2.45, 2.75) is 33.1 Å². The number of esters is 2. The highest BCUT2D eigenvalue weighted by Gasteiger charge is 2.27. The van der Waals surface area contributed by atoms with Gasteiger partial charge >= 0.3 is 11.9 Å². The molecule has 20 heteroatoms. The highest BCUT2D eigenvalue weighted by atomic mass is 16.5. The maximum atomic E-state index is 13.0. The summed E-state index contributed by atoms with van der Waals surface area (Å²) in [6, 6.07) is 10.7. The van der Waals surface area contributed by atoms with Crippen molar-refractivity contribution in [2.24, 2.45) is 34.6 Å². The van der Waals surface area contributed by atoms with Crippen LogP contribution in [0.4, 0.5) is 34.6 Å². The van der Waals surface area contributed by atoms with E-state index >= 15 is 0 Å². The van der Waals surface area contributed by atoms with Crippen LogP contribution in [0.2, 0.25) is 0 Å². The maximum Gasteiger partial charge on any atom is 0.343 e. The number of aromatic nitrogens is 10. The number of carbonyl (C=O) groups is 2. The van der Waals surface area contributed by atoms with Crippen LogP contribution in [-0.2, 0) is 36.4 Å². The lowest BCUT2D eigenvalue weighted by molar-refractivity contribution is 0.0591. The van der Waals surface area contributed by atoms with Crippen molar-refractivity contribution < 1.29 is 19.1 Å². The van der Waals surface area contributed by atoms with E-state index in [4.69, 9.17) is 20.9 Å². The maximum absolute atomic E-state index is 13.0. The molecule has 0 amide bonds. The highest BCUT2D eigenvalue weighted by molar-refractivity contribution is 5.96. The van der Waals surface area contributed by atoms with Crippen molar-refractivity contribution in [3.63, 3.8) is 0 Å². The Morgan fingerprint density at radius 2 is 1.08 bits per heavy atom. The molecule has 6 aromatic heterocycles. The Morgan fingerprint density at radius 1 is 0.660 bits per heavy atom. The van der Waals surface area contributed by atoms with Gasteiger partial charge in [-0.1, -0.05) is 12.1 Å². The molecule has 6 aromatic rings. The second kappa shape index (κ2) is 15.0. The number of methoxy groups -OCH3 is 2. The third-order valence-corrected chi connectivity index (χ3v) is 8.13. The molecule has 6 heterocycles. The second-order valence-electron chi connectivity index (χ2n) is 11.6. The Morgan fingerprint density at radius 3 is 1.43 bits per heavy atom. The van der Waals surface area contributed by atoms with E-state index in [0.29, 0.717) is 65.0 Å². The van der Waals surface area contributed by atoms with Gasteiger partial charge in [0.05, 0.1) is 37.0 Å². The normalized spacial score (nSPS) is 11.6. The van der Waals surface area contributed by atoms with Crippen LogP contribution >= 0.6 is 0 Å². The first-order valence-electron chi connectivity index (χ1n) is 16.2. The first-order valence-corrected chi connectivity index (χ1v) is 16.2. The third-order valence-electron chi connectivity index (χ3n) is 8.13. The molecule has 0 spiro atoms. The van der Waals surface area contributed by atoms with Crippen LogP contribution in [0.5, 0.6) is 0 Å². The average molecular weight is 721 g/mol. The van der Waals surface area contributed by atoms with E-state index in [1.165, 1.54) is 32.9 Å². The number of pyridine rings is 2. The number of hydrogen-bond acceptors (Lipinski definition) is 16. The SMILES string of the molecule is COC(=O)c1c(CCCc2nn(C)c(/N=N/c3c(C)nn(-c4ccccn4)c3N)c2C(=O)OC)nn(C)c1/N=N/c1c(C)nn(-c2ccccn2)c1N. The van der Waals surface area contributed by atoms with Crippen LogP contribution in [-0.4, -0.2) is 75.2 Å². The molecular formula is C33H36N16O4. The minimum absolute atomic E-state index is 0.134. The van der Waals surface area contributed by atoms with Gasteiger partial charge in [-0.2, -0.15) is 29.8 Å². The minimum atomic E-state index is -0.646. The van der Waals surface area contributed by atoms with Gasteiger partial charge in [0.25, 0.3) is 0 Å². The summed E-state index contributed by atoms with van der Waals surface area (Å²) in [6.07, 6.45) is 4.26. The summed E-state index contributed by atoms with van der Waals surface area (Å²) >= 11 is 0. The van der Waals surface area contributed by atoms with E-state index < -0.39 is 11.9 Å². The number of nitrogens with zero attached hydrogens (tertiary/aromatic N) is 14. The summed E-state index contributed by atoms with van der Waals surface area (Å²) in [5.41, 5.74) is 15.4. The zero-order valence-corrected chi connectivity index (χ0v) is 29.8. The number of anilines is 2. The largest absolute Gasteiger partial charge is 0.465 e. The highest BCUT2D eigenvalue weighted by Crippen LogP contribution is 2.34. The molecule has 0 aromatic carbocycles. The summed E-state index contributed by atoms with van der Waals surface area (Å²) in [6.45, 7) is 3.47. The second-order valence-corrected chi connectivity index (χ2v) is 11.6. The summed E-state index contributed by atoms with van der Waals surface area (Å²) in [5, 5.41) is 35.4. The molecule has 4 N–H and O–H groups in total. The quantitative estimate of drug-likeness (QED) is 0.129. The van der Waals surface area contributed by atoms with Crippen molar-refractivity contribution in [3.05, 3.63) is 82.7 Å². The van der Waals surface area contributed by atoms with Crippen LogP contribution in [0.25, 0.3) is 11.6 Å². The molecule has 6 rings (SSSR count). The van der Waals surface area contributed by atoms with E-state index in [2.05, 4.69) is 50.8 Å². The van der Waals surface area contributed by atoms with Crippen molar-refractivity contribution in [1.82, 2.24) is 49.1 Å². The molecule has 0 unspecified atom stereocenters. The Hall–Kier alpha value is -7.12. The van der Waals surface area contributed by atoms with Crippen LogP contribution < -0.4 is 11.5 Å². The van der Waals surface area contributed by atoms with Gasteiger partial charge in [0, 0.05) is 26.5 Å². The number of carbonyl (C=O) groups excluding carboxylic acids is 2.